The molecule has 0 aliphatic heterocycles. The second-order valence-corrected chi connectivity index (χ2v) is 4.42. The quantitative estimate of drug-likeness (QED) is 0.820. The third-order valence-electron chi connectivity index (χ3n) is 3.10. The van der Waals surface area contributed by atoms with Crippen molar-refractivity contribution in [1.29, 1.82) is 0 Å². The molecule has 0 amide bonds. The van der Waals surface area contributed by atoms with E-state index < -0.39 is 0 Å². The summed E-state index contributed by atoms with van der Waals surface area (Å²) in [6, 6.07) is 9.87. The van der Waals surface area contributed by atoms with E-state index in [0.717, 1.165) is 29.4 Å². The molecular formula is C16H21NO3. The van der Waals surface area contributed by atoms with Gasteiger partial charge in [-0.1, -0.05) is 6.92 Å². The van der Waals surface area contributed by atoms with Crippen molar-refractivity contribution in [3.63, 3.8) is 0 Å². The topological polar surface area (TPSA) is 43.6 Å². The molecule has 0 bridgehead atoms. The minimum atomic E-state index is 0.146. The highest BCUT2D eigenvalue weighted by molar-refractivity contribution is 5.55. The normalized spacial score (nSPS) is 11.9. The Morgan fingerprint density at radius 3 is 2.65 bits per heavy atom. The van der Waals surface area contributed by atoms with Crippen molar-refractivity contribution in [3.05, 3.63) is 42.4 Å². The molecule has 4 nitrogen and oxygen atoms in total. The molecule has 1 unspecified atom stereocenters. The van der Waals surface area contributed by atoms with Gasteiger partial charge in [-0.05, 0) is 37.6 Å². The fourth-order valence-corrected chi connectivity index (χ4v) is 2.10. The number of furan rings is 1. The summed E-state index contributed by atoms with van der Waals surface area (Å²) >= 11 is 0. The number of methoxy groups -OCH3 is 1. The molecule has 0 spiro atoms. The number of rotatable bonds is 7. The SMILES string of the molecule is CCOc1ccc(NC(CC)c2ccco2)cc1OC. The van der Waals surface area contributed by atoms with Crippen LogP contribution in [0.15, 0.2) is 41.0 Å². The lowest BCUT2D eigenvalue weighted by Crippen LogP contribution is -2.09. The van der Waals surface area contributed by atoms with Crippen molar-refractivity contribution in [3.8, 4) is 11.5 Å². The molecule has 1 N–H and O–H groups in total. The first-order valence-corrected chi connectivity index (χ1v) is 6.89. The van der Waals surface area contributed by atoms with Crippen molar-refractivity contribution in [2.24, 2.45) is 0 Å². The molecule has 1 aromatic carbocycles. The van der Waals surface area contributed by atoms with Crippen molar-refractivity contribution in [2.45, 2.75) is 26.3 Å². The van der Waals surface area contributed by atoms with Gasteiger partial charge >= 0.3 is 0 Å². The van der Waals surface area contributed by atoms with Crippen LogP contribution in [0.5, 0.6) is 11.5 Å². The van der Waals surface area contributed by atoms with E-state index in [1.54, 1.807) is 13.4 Å². The van der Waals surface area contributed by atoms with Gasteiger partial charge in [-0.15, -0.1) is 0 Å². The predicted molar refractivity (Wildman–Crippen MR) is 79.5 cm³/mol. The third-order valence-corrected chi connectivity index (χ3v) is 3.10. The summed E-state index contributed by atoms with van der Waals surface area (Å²) in [5.74, 6) is 2.41. The van der Waals surface area contributed by atoms with Gasteiger partial charge in [0.2, 0.25) is 0 Å². The van der Waals surface area contributed by atoms with E-state index in [1.807, 2.05) is 37.3 Å². The van der Waals surface area contributed by atoms with Gasteiger partial charge < -0.3 is 19.2 Å². The van der Waals surface area contributed by atoms with E-state index in [4.69, 9.17) is 13.9 Å². The fourth-order valence-electron chi connectivity index (χ4n) is 2.10. The largest absolute Gasteiger partial charge is 0.493 e. The molecule has 1 heterocycles. The first-order chi connectivity index (χ1) is 9.78. The van der Waals surface area contributed by atoms with Crippen molar-refractivity contribution in [1.82, 2.24) is 0 Å². The maximum absolute atomic E-state index is 5.52. The Morgan fingerprint density at radius 2 is 2.05 bits per heavy atom. The van der Waals surface area contributed by atoms with Crippen LogP contribution in [0, 0.1) is 0 Å². The molecular weight excluding hydrogens is 254 g/mol. The second kappa shape index (κ2) is 6.89. The van der Waals surface area contributed by atoms with Crippen LogP contribution < -0.4 is 14.8 Å². The van der Waals surface area contributed by atoms with Gasteiger partial charge in [-0.2, -0.15) is 0 Å². The number of nitrogens with one attached hydrogen (secondary N) is 1. The molecule has 0 saturated heterocycles. The average molecular weight is 275 g/mol. The summed E-state index contributed by atoms with van der Waals surface area (Å²) in [6.07, 6.45) is 2.63. The molecule has 108 valence electrons. The highest BCUT2D eigenvalue weighted by Crippen LogP contribution is 2.32. The van der Waals surface area contributed by atoms with Crippen LogP contribution in [0.2, 0.25) is 0 Å². The molecule has 20 heavy (non-hydrogen) atoms. The molecule has 2 aromatic rings. The first kappa shape index (κ1) is 14.3. The Labute approximate surface area is 119 Å². The molecule has 4 heteroatoms. The van der Waals surface area contributed by atoms with Gasteiger partial charge in [0.05, 0.1) is 26.0 Å². The molecule has 2 rings (SSSR count). The van der Waals surface area contributed by atoms with Crippen LogP contribution in [0.4, 0.5) is 5.69 Å². The smallest absolute Gasteiger partial charge is 0.162 e. The van der Waals surface area contributed by atoms with Crippen molar-refractivity contribution < 1.29 is 13.9 Å². The first-order valence-electron chi connectivity index (χ1n) is 6.89. The van der Waals surface area contributed by atoms with Crippen LogP contribution >= 0.6 is 0 Å². The van der Waals surface area contributed by atoms with Gasteiger partial charge in [-0.3, -0.25) is 0 Å². The van der Waals surface area contributed by atoms with Crippen LogP contribution in [0.3, 0.4) is 0 Å². The molecule has 0 saturated carbocycles. The lowest BCUT2D eigenvalue weighted by Gasteiger charge is -2.17. The minimum Gasteiger partial charge on any atom is -0.493 e. The molecule has 1 aromatic heterocycles. The van der Waals surface area contributed by atoms with E-state index in [1.165, 1.54) is 0 Å². The maximum atomic E-state index is 5.52. The number of hydrogen-bond donors (Lipinski definition) is 1. The summed E-state index contributed by atoms with van der Waals surface area (Å²) in [4.78, 5) is 0. The molecule has 1 atom stereocenters. The highest BCUT2D eigenvalue weighted by atomic mass is 16.5. The summed E-state index contributed by atoms with van der Waals surface area (Å²) < 4.78 is 16.3. The standard InChI is InChI=1S/C16H21NO3/c1-4-13(14-7-6-10-20-14)17-12-8-9-15(19-5-2)16(11-12)18-3/h6-11,13,17H,4-5H2,1-3H3. The third kappa shape index (κ3) is 3.26. The average Bonchev–Trinajstić information content (AvgIpc) is 3.00. The predicted octanol–water partition coefficient (Wildman–Crippen LogP) is 4.25. The lowest BCUT2D eigenvalue weighted by atomic mass is 10.1. The number of ether oxygens (including phenoxy) is 2. The van der Waals surface area contributed by atoms with Gasteiger partial charge in [0.25, 0.3) is 0 Å². The zero-order valence-corrected chi connectivity index (χ0v) is 12.2. The number of benzene rings is 1. The maximum Gasteiger partial charge on any atom is 0.162 e. The monoisotopic (exact) mass is 275 g/mol. The summed E-state index contributed by atoms with van der Waals surface area (Å²) in [7, 11) is 1.64. The van der Waals surface area contributed by atoms with Crippen molar-refractivity contribution >= 4 is 5.69 Å². The van der Waals surface area contributed by atoms with Gasteiger partial charge in [0, 0.05) is 11.8 Å². The molecule has 0 fully saturated rings. The second-order valence-electron chi connectivity index (χ2n) is 4.42. The van der Waals surface area contributed by atoms with Gasteiger partial charge in [0.1, 0.15) is 5.76 Å². The Morgan fingerprint density at radius 1 is 1.20 bits per heavy atom. The molecule has 0 radical (unpaired) electrons. The van der Waals surface area contributed by atoms with Crippen LogP contribution in [-0.2, 0) is 0 Å². The lowest BCUT2D eigenvalue weighted by molar-refractivity contribution is 0.311. The molecule has 0 aliphatic rings. The van der Waals surface area contributed by atoms with Crippen LogP contribution in [0.25, 0.3) is 0 Å². The molecule has 0 aliphatic carbocycles. The summed E-state index contributed by atoms with van der Waals surface area (Å²) in [5.41, 5.74) is 0.980. The van der Waals surface area contributed by atoms with E-state index in [-0.39, 0.29) is 6.04 Å². The van der Waals surface area contributed by atoms with E-state index in [9.17, 15) is 0 Å². The minimum absolute atomic E-state index is 0.146. The summed E-state index contributed by atoms with van der Waals surface area (Å²) in [5, 5.41) is 3.45. The highest BCUT2D eigenvalue weighted by Gasteiger charge is 2.13. The van der Waals surface area contributed by atoms with Crippen LogP contribution in [-0.4, -0.2) is 13.7 Å². The van der Waals surface area contributed by atoms with E-state index in [0.29, 0.717) is 6.61 Å². The number of anilines is 1. The van der Waals surface area contributed by atoms with Crippen LogP contribution in [0.1, 0.15) is 32.1 Å². The van der Waals surface area contributed by atoms with E-state index >= 15 is 0 Å². The Kier molecular flexibility index (Phi) is 4.93. The Bertz CT molecular complexity index is 523. The fraction of sp³-hybridized carbons (Fsp3) is 0.375. The van der Waals surface area contributed by atoms with Gasteiger partial charge in [0.15, 0.2) is 11.5 Å². The van der Waals surface area contributed by atoms with E-state index in [2.05, 4.69) is 12.2 Å². The Balaban J connectivity index is 2.16. The Hall–Kier alpha value is -2.10. The van der Waals surface area contributed by atoms with Gasteiger partial charge in [-0.25, -0.2) is 0 Å². The zero-order valence-electron chi connectivity index (χ0n) is 12.2. The number of hydrogen-bond acceptors (Lipinski definition) is 4. The summed E-state index contributed by atoms with van der Waals surface area (Å²) in [6.45, 7) is 4.69. The van der Waals surface area contributed by atoms with Crippen molar-refractivity contribution in [2.75, 3.05) is 19.0 Å². The zero-order chi connectivity index (χ0) is 14.4.